The molecule has 0 radical (unpaired) electrons. The molecule has 0 aliphatic heterocycles. The lowest BCUT2D eigenvalue weighted by molar-refractivity contribution is 0.319. The number of nitrogen functional groups attached to an aromatic ring is 1. The fourth-order valence-electron chi connectivity index (χ4n) is 1.91. The van der Waals surface area contributed by atoms with Gasteiger partial charge in [-0.3, -0.25) is 0 Å². The van der Waals surface area contributed by atoms with Crippen LogP contribution in [0.2, 0.25) is 0 Å². The normalized spacial score (nSPS) is 10.2. The summed E-state index contributed by atoms with van der Waals surface area (Å²) >= 11 is 0. The molecule has 112 valence electrons. The summed E-state index contributed by atoms with van der Waals surface area (Å²) in [5.74, 6) is 1.32. The van der Waals surface area contributed by atoms with E-state index in [1.165, 1.54) is 0 Å². The summed E-state index contributed by atoms with van der Waals surface area (Å²) in [5, 5.41) is 3.31. The summed E-state index contributed by atoms with van der Waals surface area (Å²) in [6.45, 7) is 3.37. The monoisotopic (exact) mass is 287 g/mol. The molecule has 0 unspecified atom stereocenters. The molecule has 5 heteroatoms. The highest BCUT2D eigenvalue weighted by molar-refractivity contribution is 5.72. The van der Waals surface area contributed by atoms with Gasteiger partial charge in [0.15, 0.2) is 0 Å². The van der Waals surface area contributed by atoms with Crippen molar-refractivity contribution in [1.29, 1.82) is 0 Å². The summed E-state index contributed by atoms with van der Waals surface area (Å²) in [5.41, 5.74) is 8.68. The van der Waals surface area contributed by atoms with Crippen LogP contribution in [0.5, 0.6) is 11.6 Å². The van der Waals surface area contributed by atoms with Crippen molar-refractivity contribution in [1.82, 2.24) is 4.98 Å². The molecule has 2 aromatic rings. The van der Waals surface area contributed by atoms with E-state index in [0.717, 1.165) is 17.7 Å². The minimum atomic E-state index is 0.599. The lowest BCUT2D eigenvalue weighted by Crippen LogP contribution is -2.05. The quantitative estimate of drug-likeness (QED) is 0.766. The van der Waals surface area contributed by atoms with Gasteiger partial charge in [-0.05, 0) is 30.2 Å². The van der Waals surface area contributed by atoms with E-state index >= 15 is 0 Å². The van der Waals surface area contributed by atoms with Crippen LogP contribution in [0.3, 0.4) is 0 Å². The highest BCUT2D eigenvalue weighted by Gasteiger charge is 2.06. The maximum atomic E-state index is 6.12. The van der Waals surface area contributed by atoms with Crippen molar-refractivity contribution < 1.29 is 9.47 Å². The Morgan fingerprint density at radius 1 is 1.29 bits per heavy atom. The molecular weight excluding hydrogens is 266 g/mol. The molecule has 1 aromatic heterocycles. The molecule has 0 saturated heterocycles. The summed E-state index contributed by atoms with van der Waals surface area (Å²) < 4.78 is 10.7. The zero-order valence-corrected chi connectivity index (χ0v) is 12.4. The first-order chi connectivity index (χ1) is 10.2. The highest BCUT2D eigenvalue weighted by Crippen LogP contribution is 2.29. The lowest BCUT2D eigenvalue weighted by Gasteiger charge is -2.13. The Morgan fingerprint density at radius 2 is 2.14 bits per heavy atom. The molecule has 0 fully saturated rings. The number of pyridine rings is 1. The Labute approximate surface area is 125 Å². The Bertz CT molecular complexity index is 587. The van der Waals surface area contributed by atoms with E-state index in [-0.39, 0.29) is 0 Å². The Morgan fingerprint density at radius 3 is 2.90 bits per heavy atom. The molecule has 0 aliphatic rings. The molecule has 0 spiro atoms. The molecule has 0 amide bonds. The van der Waals surface area contributed by atoms with Gasteiger partial charge in [0.25, 0.3) is 0 Å². The van der Waals surface area contributed by atoms with Gasteiger partial charge in [0.05, 0.1) is 25.1 Å². The third kappa shape index (κ3) is 4.02. The van der Waals surface area contributed by atoms with Crippen molar-refractivity contribution in [2.24, 2.45) is 0 Å². The lowest BCUT2D eigenvalue weighted by atomic mass is 10.2. The molecule has 1 heterocycles. The number of aromatic nitrogens is 1. The van der Waals surface area contributed by atoms with E-state index in [4.69, 9.17) is 15.2 Å². The van der Waals surface area contributed by atoms with E-state index in [0.29, 0.717) is 30.5 Å². The highest BCUT2D eigenvalue weighted by atomic mass is 16.5. The van der Waals surface area contributed by atoms with Gasteiger partial charge in [0.1, 0.15) is 5.75 Å². The van der Waals surface area contributed by atoms with Crippen molar-refractivity contribution in [3.05, 3.63) is 42.1 Å². The molecule has 3 N–H and O–H groups in total. The Balaban J connectivity index is 2.05. The number of anilines is 2. The zero-order valence-electron chi connectivity index (χ0n) is 12.4. The van der Waals surface area contributed by atoms with Crippen molar-refractivity contribution >= 4 is 11.4 Å². The largest absolute Gasteiger partial charge is 0.491 e. The molecule has 2 rings (SSSR count). The number of nitrogens with one attached hydrogen (secondary N) is 1. The number of para-hydroxylation sites is 1. The van der Waals surface area contributed by atoms with Gasteiger partial charge in [-0.2, -0.15) is 0 Å². The Hall–Kier alpha value is -2.43. The first kappa shape index (κ1) is 15.0. The van der Waals surface area contributed by atoms with Crippen LogP contribution < -0.4 is 20.5 Å². The minimum Gasteiger partial charge on any atom is -0.491 e. The van der Waals surface area contributed by atoms with Crippen LogP contribution in [-0.4, -0.2) is 18.7 Å². The van der Waals surface area contributed by atoms with Gasteiger partial charge in [0.2, 0.25) is 5.88 Å². The maximum Gasteiger partial charge on any atom is 0.213 e. The summed E-state index contributed by atoms with van der Waals surface area (Å²) in [7, 11) is 1.60. The molecule has 21 heavy (non-hydrogen) atoms. The van der Waals surface area contributed by atoms with Crippen LogP contribution in [-0.2, 0) is 6.54 Å². The summed E-state index contributed by atoms with van der Waals surface area (Å²) in [6, 6.07) is 9.57. The average molecular weight is 287 g/mol. The standard InChI is InChI=1S/C16H21N3O2/c1-3-9-21-14-6-4-5-13(16(14)17)19-11-12-7-8-18-15(10-12)20-2/h4-8,10,19H,3,9,11,17H2,1-2H3. The predicted octanol–water partition coefficient (Wildman–Crippen LogP) is 3.07. The van der Waals surface area contributed by atoms with E-state index in [9.17, 15) is 0 Å². The van der Waals surface area contributed by atoms with E-state index < -0.39 is 0 Å². The molecule has 0 aliphatic carbocycles. The molecule has 5 nitrogen and oxygen atoms in total. The molecule has 0 bridgehead atoms. The smallest absolute Gasteiger partial charge is 0.213 e. The fraction of sp³-hybridized carbons (Fsp3) is 0.312. The van der Waals surface area contributed by atoms with Crippen LogP contribution >= 0.6 is 0 Å². The second-order valence-electron chi connectivity index (χ2n) is 4.63. The van der Waals surface area contributed by atoms with E-state index in [1.807, 2.05) is 30.3 Å². The Kier molecular flexibility index (Phi) is 5.26. The average Bonchev–Trinajstić information content (AvgIpc) is 2.53. The number of hydrogen-bond donors (Lipinski definition) is 2. The number of benzene rings is 1. The number of methoxy groups -OCH3 is 1. The third-order valence-corrected chi connectivity index (χ3v) is 3.02. The number of hydrogen-bond acceptors (Lipinski definition) is 5. The van der Waals surface area contributed by atoms with Gasteiger partial charge in [-0.15, -0.1) is 0 Å². The first-order valence-corrected chi connectivity index (χ1v) is 6.98. The number of ether oxygens (including phenoxy) is 2. The van der Waals surface area contributed by atoms with E-state index in [2.05, 4.69) is 17.2 Å². The van der Waals surface area contributed by atoms with E-state index in [1.54, 1.807) is 13.3 Å². The van der Waals surface area contributed by atoms with Gasteiger partial charge in [-0.1, -0.05) is 13.0 Å². The van der Waals surface area contributed by atoms with Crippen LogP contribution in [0.1, 0.15) is 18.9 Å². The summed E-state index contributed by atoms with van der Waals surface area (Å²) in [6.07, 6.45) is 2.67. The van der Waals surface area contributed by atoms with Gasteiger partial charge in [0, 0.05) is 18.8 Å². The zero-order chi connectivity index (χ0) is 15.1. The van der Waals surface area contributed by atoms with Crippen molar-refractivity contribution in [2.45, 2.75) is 19.9 Å². The first-order valence-electron chi connectivity index (χ1n) is 6.98. The van der Waals surface area contributed by atoms with Crippen LogP contribution in [0.4, 0.5) is 11.4 Å². The molecule has 1 aromatic carbocycles. The third-order valence-electron chi connectivity index (χ3n) is 3.02. The molecule has 0 saturated carbocycles. The number of nitrogens with zero attached hydrogens (tertiary/aromatic N) is 1. The SMILES string of the molecule is CCCOc1cccc(NCc2ccnc(OC)c2)c1N. The topological polar surface area (TPSA) is 69.4 Å². The predicted molar refractivity (Wildman–Crippen MR) is 84.8 cm³/mol. The van der Waals surface area contributed by atoms with Crippen LogP contribution in [0.15, 0.2) is 36.5 Å². The van der Waals surface area contributed by atoms with Crippen molar-refractivity contribution in [2.75, 3.05) is 24.8 Å². The maximum absolute atomic E-state index is 6.12. The van der Waals surface area contributed by atoms with Gasteiger partial charge < -0.3 is 20.5 Å². The van der Waals surface area contributed by atoms with Gasteiger partial charge >= 0.3 is 0 Å². The second-order valence-corrected chi connectivity index (χ2v) is 4.63. The number of nitrogens with two attached hydrogens (primary N) is 1. The van der Waals surface area contributed by atoms with Crippen molar-refractivity contribution in [3.63, 3.8) is 0 Å². The van der Waals surface area contributed by atoms with Crippen LogP contribution in [0.25, 0.3) is 0 Å². The van der Waals surface area contributed by atoms with Gasteiger partial charge in [-0.25, -0.2) is 4.98 Å². The van der Waals surface area contributed by atoms with Crippen LogP contribution in [0, 0.1) is 0 Å². The molecule has 0 atom stereocenters. The minimum absolute atomic E-state index is 0.599. The van der Waals surface area contributed by atoms with Crippen molar-refractivity contribution in [3.8, 4) is 11.6 Å². The summed E-state index contributed by atoms with van der Waals surface area (Å²) in [4.78, 5) is 4.08. The second kappa shape index (κ2) is 7.38. The molecular formula is C16H21N3O2. The number of rotatable bonds is 7. The fourth-order valence-corrected chi connectivity index (χ4v) is 1.91.